The van der Waals surface area contributed by atoms with Crippen molar-refractivity contribution in [1.29, 1.82) is 0 Å². The molecule has 0 aliphatic carbocycles. The highest BCUT2D eigenvalue weighted by Gasteiger charge is 2.31. The topological polar surface area (TPSA) is 41.6 Å². The van der Waals surface area contributed by atoms with Gasteiger partial charge in [0.05, 0.1) is 5.92 Å². The first kappa shape index (κ1) is 14.7. The SMILES string of the molecule is CNC1CCN(C(=O)C2COc3ccc(Cl)cc3C2)CC1. The van der Waals surface area contributed by atoms with Gasteiger partial charge in [0.2, 0.25) is 5.91 Å². The first-order valence-electron chi connectivity index (χ1n) is 7.54. The molecule has 2 aliphatic rings. The first-order chi connectivity index (χ1) is 10.2. The maximum absolute atomic E-state index is 12.6. The van der Waals surface area contributed by atoms with Crippen molar-refractivity contribution < 1.29 is 9.53 Å². The van der Waals surface area contributed by atoms with Gasteiger partial charge in [0.25, 0.3) is 0 Å². The third kappa shape index (κ3) is 3.16. The lowest BCUT2D eigenvalue weighted by Crippen LogP contribution is -2.47. The number of rotatable bonds is 2. The molecule has 1 fully saturated rings. The summed E-state index contributed by atoms with van der Waals surface area (Å²) in [7, 11) is 1.98. The molecule has 5 heteroatoms. The number of benzene rings is 1. The summed E-state index contributed by atoms with van der Waals surface area (Å²) in [5.41, 5.74) is 1.04. The van der Waals surface area contributed by atoms with Crippen molar-refractivity contribution in [1.82, 2.24) is 10.2 Å². The second-order valence-electron chi connectivity index (χ2n) is 5.85. The molecule has 1 N–H and O–H groups in total. The summed E-state index contributed by atoms with van der Waals surface area (Å²) in [5.74, 6) is 0.995. The zero-order valence-electron chi connectivity index (χ0n) is 12.3. The van der Waals surface area contributed by atoms with Crippen LogP contribution in [0.4, 0.5) is 0 Å². The molecule has 0 aromatic heterocycles. The smallest absolute Gasteiger partial charge is 0.229 e. The number of hydrogen-bond acceptors (Lipinski definition) is 3. The highest BCUT2D eigenvalue weighted by atomic mass is 35.5. The van der Waals surface area contributed by atoms with E-state index in [1.165, 1.54) is 0 Å². The van der Waals surface area contributed by atoms with E-state index in [4.69, 9.17) is 16.3 Å². The van der Waals surface area contributed by atoms with Gasteiger partial charge in [-0.1, -0.05) is 11.6 Å². The standard InChI is InChI=1S/C16H21ClN2O2/c1-18-14-4-6-19(7-5-14)16(20)12-8-11-9-13(17)2-3-15(11)21-10-12/h2-3,9,12,14,18H,4-8,10H2,1H3. The number of fused-ring (bicyclic) bond motifs is 1. The Hall–Kier alpha value is -1.26. The summed E-state index contributed by atoms with van der Waals surface area (Å²) in [6, 6.07) is 6.15. The molecule has 0 spiro atoms. The van der Waals surface area contributed by atoms with Crippen LogP contribution >= 0.6 is 11.6 Å². The highest BCUT2D eigenvalue weighted by molar-refractivity contribution is 6.30. The Morgan fingerprint density at radius 2 is 2.14 bits per heavy atom. The Morgan fingerprint density at radius 1 is 1.38 bits per heavy atom. The molecule has 21 heavy (non-hydrogen) atoms. The van der Waals surface area contributed by atoms with Gasteiger partial charge in [-0.25, -0.2) is 0 Å². The van der Waals surface area contributed by atoms with Crippen LogP contribution in [-0.4, -0.2) is 43.6 Å². The molecule has 1 amide bonds. The summed E-state index contributed by atoms with van der Waals surface area (Å²) in [6.45, 7) is 2.14. The summed E-state index contributed by atoms with van der Waals surface area (Å²) in [6.07, 6.45) is 2.77. The fourth-order valence-corrected chi connectivity index (χ4v) is 3.36. The predicted octanol–water partition coefficient (Wildman–Crippen LogP) is 2.10. The third-order valence-electron chi connectivity index (χ3n) is 4.49. The maximum Gasteiger partial charge on any atom is 0.229 e. The van der Waals surface area contributed by atoms with E-state index in [-0.39, 0.29) is 11.8 Å². The van der Waals surface area contributed by atoms with E-state index in [0.29, 0.717) is 17.7 Å². The van der Waals surface area contributed by atoms with Crippen LogP contribution in [0.5, 0.6) is 5.75 Å². The van der Waals surface area contributed by atoms with Crippen LogP contribution in [-0.2, 0) is 11.2 Å². The molecule has 1 atom stereocenters. The fourth-order valence-electron chi connectivity index (χ4n) is 3.17. The van der Waals surface area contributed by atoms with E-state index < -0.39 is 0 Å². The van der Waals surface area contributed by atoms with Crippen LogP contribution in [0.3, 0.4) is 0 Å². The Morgan fingerprint density at radius 3 is 2.86 bits per heavy atom. The van der Waals surface area contributed by atoms with Gasteiger partial charge in [0.15, 0.2) is 0 Å². The van der Waals surface area contributed by atoms with Gasteiger partial charge in [0, 0.05) is 24.2 Å². The van der Waals surface area contributed by atoms with Crippen molar-refractivity contribution >= 4 is 17.5 Å². The molecule has 1 unspecified atom stereocenters. The largest absolute Gasteiger partial charge is 0.492 e. The first-order valence-corrected chi connectivity index (χ1v) is 7.92. The molecular weight excluding hydrogens is 288 g/mol. The molecule has 1 saturated heterocycles. The van der Waals surface area contributed by atoms with Crippen LogP contribution < -0.4 is 10.1 Å². The lowest BCUT2D eigenvalue weighted by molar-refractivity contribution is -0.138. The minimum atomic E-state index is -0.0814. The molecular formula is C16H21ClN2O2. The second kappa shape index (κ2) is 6.24. The van der Waals surface area contributed by atoms with Gasteiger partial charge < -0.3 is 15.0 Å². The van der Waals surface area contributed by atoms with Crippen LogP contribution in [0.1, 0.15) is 18.4 Å². The number of carbonyl (C=O) groups is 1. The predicted molar refractivity (Wildman–Crippen MR) is 82.8 cm³/mol. The van der Waals surface area contributed by atoms with Gasteiger partial charge in [0.1, 0.15) is 12.4 Å². The van der Waals surface area contributed by atoms with Gasteiger partial charge >= 0.3 is 0 Å². The number of nitrogens with one attached hydrogen (secondary N) is 1. The molecule has 4 nitrogen and oxygen atoms in total. The van der Waals surface area contributed by atoms with Gasteiger partial charge in [-0.3, -0.25) is 4.79 Å². The third-order valence-corrected chi connectivity index (χ3v) is 4.73. The Balaban J connectivity index is 1.64. The van der Waals surface area contributed by atoms with E-state index in [9.17, 15) is 4.79 Å². The average molecular weight is 309 g/mol. The van der Waals surface area contributed by atoms with Crippen LogP contribution in [0.15, 0.2) is 18.2 Å². The number of amides is 1. The summed E-state index contributed by atoms with van der Waals surface area (Å²) in [4.78, 5) is 14.6. The lowest BCUT2D eigenvalue weighted by atomic mass is 9.94. The van der Waals surface area contributed by atoms with Crippen LogP contribution in [0, 0.1) is 5.92 Å². The van der Waals surface area contributed by atoms with Crippen LogP contribution in [0.2, 0.25) is 5.02 Å². The number of hydrogen-bond donors (Lipinski definition) is 1. The molecule has 0 bridgehead atoms. The van der Waals surface area contributed by atoms with Gasteiger partial charge in [-0.2, -0.15) is 0 Å². The zero-order chi connectivity index (χ0) is 14.8. The molecule has 1 aromatic rings. The molecule has 1 aromatic carbocycles. The van der Waals surface area contributed by atoms with Crippen molar-refractivity contribution in [2.24, 2.45) is 5.92 Å². The molecule has 3 rings (SSSR count). The van der Waals surface area contributed by atoms with Gasteiger partial charge in [-0.15, -0.1) is 0 Å². The number of nitrogens with zero attached hydrogens (tertiary/aromatic N) is 1. The maximum atomic E-state index is 12.6. The van der Waals surface area contributed by atoms with Gasteiger partial charge in [-0.05, 0) is 50.1 Å². The molecule has 114 valence electrons. The summed E-state index contributed by atoms with van der Waals surface area (Å²) < 4.78 is 5.73. The van der Waals surface area contributed by atoms with Crippen molar-refractivity contribution in [2.75, 3.05) is 26.7 Å². The van der Waals surface area contributed by atoms with Crippen molar-refractivity contribution in [3.8, 4) is 5.75 Å². The summed E-state index contributed by atoms with van der Waals surface area (Å²) in [5, 5.41) is 3.98. The molecule has 2 aliphatic heterocycles. The number of piperidine rings is 1. The highest BCUT2D eigenvalue weighted by Crippen LogP contribution is 2.30. The van der Waals surface area contributed by atoms with E-state index >= 15 is 0 Å². The van der Waals surface area contributed by atoms with Crippen LogP contribution in [0.25, 0.3) is 0 Å². The summed E-state index contributed by atoms with van der Waals surface area (Å²) >= 11 is 6.03. The number of likely N-dealkylation sites (tertiary alicyclic amines) is 1. The second-order valence-corrected chi connectivity index (χ2v) is 6.29. The van der Waals surface area contributed by atoms with E-state index in [1.807, 2.05) is 30.1 Å². The fraction of sp³-hybridized carbons (Fsp3) is 0.562. The minimum absolute atomic E-state index is 0.0814. The molecule has 2 heterocycles. The lowest BCUT2D eigenvalue weighted by Gasteiger charge is -2.35. The quantitative estimate of drug-likeness (QED) is 0.910. The monoisotopic (exact) mass is 308 g/mol. The normalized spacial score (nSPS) is 22.6. The number of carbonyl (C=O) groups excluding carboxylic acids is 1. The van der Waals surface area contributed by atoms with E-state index in [2.05, 4.69) is 5.32 Å². The van der Waals surface area contributed by atoms with Crippen molar-refractivity contribution in [2.45, 2.75) is 25.3 Å². The number of halogens is 1. The Kier molecular flexibility index (Phi) is 4.36. The Bertz CT molecular complexity index is 527. The zero-order valence-corrected chi connectivity index (χ0v) is 13.0. The van der Waals surface area contributed by atoms with Crippen molar-refractivity contribution in [3.63, 3.8) is 0 Å². The molecule has 0 radical (unpaired) electrons. The average Bonchev–Trinajstić information content (AvgIpc) is 2.53. The molecule has 0 saturated carbocycles. The Labute approximate surface area is 130 Å². The van der Waals surface area contributed by atoms with E-state index in [1.54, 1.807) is 0 Å². The number of ether oxygens (including phenoxy) is 1. The van der Waals surface area contributed by atoms with Crippen molar-refractivity contribution in [3.05, 3.63) is 28.8 Å². The van der Waals surface area contributed by atoms with E-state index in [0.717, 1.165) is 43.7 Å². The minimum Gasteiger partial charge on any atom is -0.492 e.